The number of Topliss-reactive ketones (excluding diaryl/α,β-unsaturated/α-hetero) is 1. The molecule has 126 valence electrons. The van der Waals surface area contributed by atoms with Gasteiger partial charge in [-0.15, -0.1) is 0 Å². The molecule has 0 amide bonds. The molecule has 1 aliphatic carbocycles. The number of rotatable bonds is 4. The molecule has 2 atom stereocenters. The van der Waals surface area contributed by atoms with Crippen molar-refractivity contribution in [2.75, 3.05) is 7.11 Å². The van der Waals surface area contributed by atoms with Gasteiger partial charge in [0, 0.05) is 18.8 Å². The number of ketones is 1. The number of esters is 1. The van der Waals surface area contributed by atoms with Gasteiger partial charge in [0.2, 0.25) is 0 Å². The van der Waals surface area contributed by atoms with Gasteiger partial charge in [-0.05, 0) is 57.2 Å². The molecule has 0 bridgehead atoms. The zero-order chi connectivity index (χ0) is 17.2. The van der Waals surface area contributed by atoms with Crippen molar-refractivity contribution in [3.05, 3.63) is 29.3 Å². The van der Waals surface area contributed by atoms with Crippen LogP contribution in [0.5, 0.6) is 5.75 Å². The Balaban J connectivity index is 2.22. The van der Waals surface area contributed by atoms with Gasteiger partial charge in [-0.3, -0.25) is 9.59 Å². The fourth-order valence-corrected chi connectivity index (χ4v) is 3.35. The molecule has 1 aromatic carbocycles. The van der Waals surface area contributed by atoms with Crippen molar-refractivity contribution in [2.24, 2.45) is 5.92 Å². The van der Waals surface area contributed by atoms with Crippen molar-refractivity contribution in [1.82, 2.24) is 0 Å². The van der Waals surface area contributed by atoms with Gasteiger partial charge in [-0.25, -0.2) is 0 Å². The van der Waals surface area contributed by atoms with Crippen LogP contribution in [-0.4, -0.2) is 24.5 Å². The van der Waals surface area contributed by atoms with Crippen molar-refractivity contribution in [3.63, 3.8) is 0 Å². The number of hydrogen-bond acceptors (Lipinski definition) is 4. The predicted octanol–water partition coefficient (Wildman–Crippen LogP) is 3.80. The normalized spacial score (nSPS) is 21.3. The lowest BCUT2D eigenvalue weighted by molar-refractivity contribution is -0.156. The van der Waals surface area contributed by atoms with Gasteiger partial charge in [-0.1, -0.05) is 12.1 Å². The van der Waals surface area contributed by atoms with Gasteiger partial charge in [0.1, 0.15) is 17.1 Å². The molecule has 1 saturated carbocycles. The summed E-state index contributed by atoms with van der Waals surface area (Å²) in [5, 5.41) is 0. The van der Waals surface area contributed by atoms with E-state index < -0.39 is 5.60 Å². The number of benzene rings is 1. The highest BCUT2D eigenvalue weighted by Gasteiger charge is 2.38. The second-order valence-electron chi connectivity index (χ2n) is 7.21. The first kappa shape index (κ1) is 17.5. The van der Waals surface area contributed by atoms with Crippen LogP contribution < -0.4 is 4.74 Å². The first-order valence-electron chi connectivity index (χ1n) is 8.11. The van der Waals surface area contributed by atoms with E-state index in [1.54, 1.807) is 7.11 Å². The topological polar surface area (TPSA) is 52.6 Å². The molecule has 0 radical (unpaired) electrons. The molecule has 0 spiro atoms. The van der Waals surface area contributed by atoms with Crippen LogP contribution in [0, 0.1) is 12.8 Å². The molecule has 0 N–H and O–H groups in total. The summed E-state index contributed by atoms with van der Waals surface area (Å²) in [6.45, 7) is 7.53. The number of ether oxygens (including phenoxy) is 2. The fraction of sp³-hybridized carbons (Fsp3) is 0.579. The Morgan fingerprint density at radius 3 is 2.61 bits per heavy atom. The summed E-state index contributed by atoms with van der Waals surface area (Å²) in [5.74, 6) is 0.511. The predicted molar refractivity (Wildman–Crippen MR) is 88.7 cm³/mol. The number of carbonyl (C=O) groups is 2. The van der Waals surface area contributed by atoms with Crippen molar-refractivity contribution in [1.29, 1.82) is 0 Å². The monoisotopic (exact) mass is 318 g/mol. The zero-order valence-corrected chi connectivity index (χ0v) is 14.6. The largest absolute Gasteiger partial charge is 0.496 e. The zero-order valence-electron chi connectivity index (χ0n) is 14.6. The van der Waals surface area contributed by atoms with Gasteiger partial charge in [0.25, 0.3) is 0 Å². The van der Waals surface area contributed by atoms with Crippen LogP contribution in [-0.2, 0) is 14.3 Å². The first-order chi connectivity index (χ1) is 10.7. The van der Waals surface area contributed by atoms with Crippen LogP contribution in [0.3, 0.4) is 0 Å². The Kier molecular flexibility index (Phi) is 5.12. The van der Waals surface area contributed by atoms with E-state index in [9.17, 15) is 9.59 Å². The lowest BCUT2D eigenvalue weighted by Crippen LogP contribution is -2.26. The van der Waals surface area contributed by atoms with E-state index in [4.69, 9.17) is 9.47 Å². The SMILES string of the molecule is COc1cccc([C@@H]2C(=O)CCC2CC(=O)OC(C)(C)C)c1C. The molecule has 4 heteroatoms. The molecule has 1 fully saturated rings. The van der Waals surface area contributed by atoms with Crippen molar-refractivity contribution >= 4 is 11.8 Å². The van der Waals surface area contributed by atoms with Crippen LogP contribution in [0.15, 0.2) is 18.2 Å². The van der Waals surface area contributed by atoms with Crippen LogP contribution in [0.25, 0.3) is 0 Å². The molecule has 0 aromatic heterocycles. The number of methoxy groups -OCH3 is 1. The lowest BCUT2D eigenvalue weighted by atomic mass is 9.84. The van der Waals surface area contributed by atoms with Crippen molar-refractivity contribution in [2.45, 2.75) is 58.5 Å². The summed E-state index contributed by atoms with van der Waals surface area (Å²) in [7, 11) is 1.63. The molecule has 1 aliphatic rings. The van der Waals surface area contributed by atoms with Crippen LogP contribution in [0.2, 0.25) is 0 Å². The van der Waals surface area contributed by atoms with E-state index in [0.717, 1.165) is 23.3 Å². The third-order valence-corrected chi connectivity index (χ3v) is 4.31. The Morgan fingerprint density at radius 2 is 2.00 bits per heavy atom. The summed E-state index contributed by atoms with van der Waals surface area (Å²) < 4.78 is 10.8. The summed E-state index contributed by atoms with van der Waals surface area (Å²) in [4.78, 5) is 24.6. The molecular formula is C19H26O4. The molecule has 4 nitrogen and oxygen atoms in total. The maximum atomic E-state index is 12.4. The van der Waals surface area contributed by atoms with Crippen LogP contribution >= 0.6 is 0 Å². The Bertz CT molecular complexity index is 598. The second kappa shape index (κ2) is 6.73. The Hall–Kier alpha value is -1.84. The maximum absolute atomic E-state index is 12.4. The second-order valence-corrected chi connectivity index (χ2v) is 7.21. The molecule has 0 saturated heterocycles. The van der Waals surface area contributed by atoms with Gasteiger partial charge < -0.3 is 9.47 Å². The van der Waals surface area contributed by atoms with Gasteiger partial charge in [0.05, 0.1) is 7.11 Å². The number of hydrogen-bond donors (Lipinski definition) is 0. The molecular weight excluding hydrogens is 292 g/mol. The minimum absolute atomic E-state index is 0.00292. The smallest absolute Gasteiger partial charge is 0.306 e. The lowest BCUT2D eigenvalue weighted by Gasteiger charge is -2.24. The van der Waals surface area contributed by atoms with Crippen LogP contribution in [0.4, 0.5) is 0 Å². The highest BCUT2D eigenvalue weighted by atomic mass is 16.6. The van der Waals surface area contributed by atoms with E-state index in [0.29, 0.717) is 6.42 Å². The Morgan fingerprint density at radius 1 is 1.30 bits per heavy atom. The molecule has 23 heavy (non-hydrogen) atoms. The summed E-state index contributed by atoms with van der Waals surface area (Å²) in [5.41, 5.74) is 1.45. The highest BCUT2D eigenvalue weighted by molar-refractivity contribution is 5.89. The average molecular weight is 318 g/mol. The van der Waals surface area contributed by atoms with Crippen LogP contribution in [0.1, 0.15) is 57.1 Å². The summed E-state index contributed by atoms with van der Waals surface area (Å²) in [6.07, 6.45) is 1.54. The van der Waals surface area contributed by atoms with E-state index in [2.05, 4.69) is 0 Å². The molecule has 0 aliphatic heterocycles. The van der Waals surface area contributed by atoms with E-state index in [1.165, 1.54) is 0 Å². The average Bonchev–Trinajstić information content (AvgIpc) is 2.78. The van der Waals surface area contributed by atoms with Crippen molar-refractivity contribution < 1.29 is 19.1 Å². The minimum atomic E-state index is -0.499. The third-order valence-electron chi connectivity index (χ3n) is 4.31. The minimum Gasteiger partial charge on any atom is -0.496 e. The standard InChI is InChI=1S/C19H26O4/c1-12-14(7-6-8-16(12)22-5)18-13(9-10-15(18)20)11-17(21)23-19(2,3)4/h6-8,13,18H,9-11H2,1-5H3/t13?,18-/m1/s1. The first-order valence-corrected chi connectivity index (χ1v) is 8.11. The van der Waals surface area contributed by atoms with E-state index >= 15 is 0 Å². The van der Waals surface area contributed by atoms with Gasteiger partial charge >= 0.3 is 5.97 Å². The Labute approximate surface area is 138 Å². The summed E-state index contributed by atoms with van der Waals surface area (Å²) >= 11 is 0. The molecule has 1 aromatic rings. The van der Waals surface area contributed by atoms with E-state index in [-0.39, 0.29) is 30.0 Å². The van der Waals surface area contributed by atoms with Gasteiger partial charge in [0.15, 0.2) is 0 Å². The quantitative estimate of drug-likeness (QED) is 0.792. The molecule has 1 unspecified atom stereocenters. The maximum Gasteiger partial charge on any atom is 0.306 e. The summed E-state index contributed by atoms with van der Waals surface area (Å²) in [6, 6.07) is 5.76. The van der Waals surface area contributed by atoms with Crippen molar-refractivity contribution in [3.8, 4) is 5.75 Å². The highest BCUT2D eigenvalue weighted by Crippen LogP contribution is 2.42. The van der Waals surface area contributed by atoms with Gasteiger partial charge in [-0.2, -0.15) is 0 Å². The fourth-order valence-electron chi connectivity index (χ4n) is 3.35. The molecule has 2 rings (SSSR count). The number of carbonyl (C=O) groups excluding carboxylic acids is 2. The van der Waals surface area contributed by atoms with E-state index in [1.807, 2.05) is 45.9 Å². The molecule has 0 heterocycles. The third kappa shape index (κ3) is 4.12.